The zero-order chi connectivity index (χ0) is 20.6. The minimum Gasteiger partial charge on any atom is -0.459 e. The summed E-state index contributed by atoms with van der Waals surface area (Å²) in [6, 6.07) is 7.16. The van der Waals surface area contributed by atoms with E-state index < -0.39 is 29.7 Å². The van der Waals surface area contributed by atoms with E-state index in [0.29, 0.717) is 12.1 Å². The molecular weight excluding hydrogens is 463 g/mol. The number of carbonyl (C=O) groups is 3. The largest absolute Gasteiger partial charge is 0.459 e. The van der Waals surface area contributed by atoms with Crippen molar-refractivity contribution in [1.82, 2.24) is 5.32 Å². The Morgan fingerprint density at radius 2 is 1.70 bits per heavy atom. The first kappa shape index (κ1) is 23.2. The molecule has 1 aromatic carbocycles. The SMILES string of the molecule is CC(C)C[C@H](OC(=O)Nc1ccc(I)cc1)C(=O)NCC(=O)OC(C)(C)C. The first-order chi connectivity index (χ1) is 12.5. The van der Waals surface area contributed by atoms with E-state index in [-0.39, 0.29) is 12.5 Å². The van der Waals surface area contributed by atoms with Crippen LogP contribution in [0.25, 0.3) is 0 Å². The Kier molecular flexibility index (Phi) is 9.01. The lowest BCUT2D eigenvalue weighted by molar-refractivity contribution is -0.155. The smallest absolute Gasteiger partial charge is 0.412 e. The van der Waals surface area contributed by atoms with E-state index in [4.69, 9.17) is 9.47 Å². The molecular formula is C19H27IN2O5. The molecule has 0 saturated heterocycles. The fourth-order valence-corrected chi connectivity index (χ4v) is 2.46. The number of esters is 1. The van der Waals surface area contributed by atoms with Crippen LogP contribution in [0.1, 0.15) is 41.0 Å². The Balaban J connectivity index is 2.62. The normalized spacial score (nSPS) is 12.3. The van der Waals surface area contributed by atoms with Crippen molar-refractivity contribution in [3.63, 3.8) is 0 Å². The summed E-state index contributed by atoms with van der Waals surface area (Å²) in [6.45, 7) is 8.76. The Hall–Kier alpha value is -1.84. The molecule has 1 rings (SSSR count). The molecule has 0 heterocycles. The van der Waals surface area contributed by atoms with E-state index >= 15 is 0 Å². The van der Waals surface area contributed by atoms with Gasteiger partial charge in [0, 0.05) is 9.26 Å². The number of halogens is 1. The van der Waals surface area contributed by atoms with E-state index in [1.165, 1.54) is 0 Å². The number of hydrogen-bond donors (Lipinski definition) is 2. The van der Waals surface area contributed by atoms with Crippen molar-refractivity contribution in [2.24, 2.45) is 5.92 Å². The minimum absolute atomic E-state index is 0.119. The number of anilines is 1. The van der Waals surface area contributed by atoms with Crippen LogP contribution in [-0.2, 0) is 19.1 Å². The van der Waals surface area contributed by atoms with Crippen molar-refractivity contribution in [3.05, 3.63) is 27.8 Å². The van der Waals surface area contributed by atoms with Gasteiger partial charge in [0.1, 0.15) is 12.1 Å². The van der Waals surface area contributed by atoms with Gasteiger partial charge in [0.15, 0.2) is 6.10 Å². The third-order valence-electron chi connectivity index (χ3n) is 3.14. The summed E-state index contributed by atoms with van der Waals surface area (Å²) >= 11 is 2.16. The Morgan fingerprint density at radius 1 is 1.11 bits per heavy atom. The first-order valence-electron chi connectivity index (χ1n) is 8.69. The molecule has 0 radical (unpaired) electrons. The minimum atomic E-state index is -1.00. The van der Waals surface area contributed by atoms with Gasteiger partial charge in [0.2, 0.25) is 0 Å². The molecule has 0 aliphatic rings. The van der Waals surface area contributed by atoms with Crippen LogP contribution in [0, 0.1) is 9.49 Å². The summed E-state index contributed by atoms with van der Waals surface area (Å²) < 4.78 is 11.5. The topological polar surface area (TPSA) is 93.7 Å². The summed E-state index contributed by atoms with van der Waals surface area (Å²) in [7, 11) is 0. The van der Waals surface area contributed by atoms with Crippen LogP contribution in [0.5, 0.6) is 0 Å². The molecule has 0 saturated carbocycles. The lowest BCUT2D eigenvalue weighted by atomic mass is 10.1. The van der Waals surface area contributed by atoms with E-state index in [1.54, 1.807) is 32.9 Å². The molecule has 1 aromatic rings. The van der Waals surface area contributed by atoms with Crippen LogP contribution in [0.4, 0.5) is 10.5 Å². The van der Waals surface area contributed by atoms with Crippen LogP contribution in [0.3, 0.4) is 0 Å². The van der Waals surface area contributed by atoms with E-state index in [0.717, 1.165) is 3.57 Å². The highest BCUT2D eigenvalue weighted by atomic mass is 127. The zero-order valence-corrected chi connectivity index (χ0v) is 18.5. The molecule has 0 spiro atoms. The summed E-state index contributed by atoms with van der Waals surface area (Å²) in [5.41, 5.74) is -0.0684. The second-order valence-electron chi connectivity index (χ2n) is 7.46. The van der Waals surface area contributed by atoms with Crippen molar-refractivity contribution in [2.45, 2.75) is 52.7 Å². The lowest BCUT2D eigenvalue weighted by Gasteiger charge is -2.21. The molecule has 0 fully saturated rings. The second-order valence-corrected chi connectivity index (χ2v) is 8.71. The first-order valence-corrected chi connectivity index (χ1v) is 9.77. The highest BCUT2D eigenvalue weighted by molar-refractivity contribution is 14.1. The highest BCUT2D eigenvalue weighted by Crippen LogP contribution is 2.14. The average Bonchev–Trinajstić information content (AvgIpc) is 2.52. The van der Waals surface area contributed by atoms with Gasteiger partial charge in [-0.15, -0.1) is 0 Å². The molecule has 8 heteroatoms. The van der Waals surface area contributed by atoms with Gasteiger partial charge in [0.25, 0.3) is 5.91 Å². The number of hydrogen-bond acceptors (Lipinski definition) is 5. The van der Waals surface area contributed by atoms with Gasteiger partial charge in [-0.1, -0.05) is 13.8 Å². The molecule has 0 aromatic heterocycles. The fourth-order valence-electron chi connectivity index (χ4n) is 2.10. The summed E-state index contributed by atoms with van der Waals surface area (Å²) in [6.07, 6.45) is -1.40. The van der Waals surface area contributed by atoms with Gasteiger partial charge in [-0.3, -0.25) is 14.9 Å². The third-order valence-corrected chi connectivity index (χ3v) is 3.86. The van der Waals surface area contributed by atoms with Crippen LogP contribution in [-0.4, -0.2) is 36.2 Å². The summed E-state index contributed by atoms with van der Waals surface area (Å²) in [5, 5.41) is 5.06. The lowest BCUT2D eigenvalue weighted by Crippen LogP contribution is -2.42. The van der Waals surface area contributed by atoms with Gasteiger partial charge < -0.3 is 14.8 Å². The van der Waals surface area contributed by atoms with E-state index in [2.05, 4.69) is 33.2 Å². The number of ether oxygens (including phenoxy) is 2. The Bertz CT molecular complexity index is 653. The maximum Gasteiger partial charge on any atom is 0.412 e. The maximum atomic E-state index is 12.4. The fraction of sp³-hybridized carbons (Fsp3) is 0.526. The van der Waals surface area contributed by atoms with Crippen molar-refractivity contribution in [2.75, 3.05) is 11.9 Å². The maximum absolute atomic E-state index is 12.4. The van der Waals surface area contributed by atoms with Gasteiger partial charge >= 0.3 is 12.1 Å². The zero-order valence-electron chi connectivity index (χ0n) is 16.3. The van der Waals surface area contributed by atoms with Crippen molar-refractivity contribution >= 4 is 46.2 Å². The van der Waals surface area contributed by atoms with Crippen LogP contribution < -0.4 is 10.6 Å². The van der Waals surface area contributed by atoms with Crippen molar-refractivity contribution < 1.29 is 23.9 Å². The molecule has 27 heavy (non-hydrogen) atoms. The second kappa shape index (κ2) is 10.5. The number of nitrogens with one attached hydrogen (secondary N) is 2. The van der Waals surface area contributed by atoms with Crippen LogP contribution in [0.15, 0.2) is 24.3 Å². The molecule has 1 atom stereocenters. The Labute approximate surface area is 173 Å². The number of amides is 2. The van der Waals surface area contributed by atoms with Crippen LogP contribution in [0.2, 0.25) is 0 Å². The summed E-state index contributed by atoms with van der Waals surface area (Å²) in [5.74, 6) is -0.969. The third kappa shape index (κ3) is 10.2. The molecule has 0 bridgehead atoms. The average molecular weight is 490 g/mol. The quantitative estimate of drug-likeness (QED) is 0.449. The number of carbonyl (C=O) groups excluding carboxylic acids is 3. The van der Waals surface area contributed by atoms with Crippen LogP contribution >= 0.6 is 22.6 Å². The molecule has 0 aliphatic heterocycles. The molecule has 7 nitrogen and oxygen atoms in total. The molecule has 2 N–H and O–H groups in total. The van der Waals surface area contributed by atoms with Gasteiger partial charge in [-0.2, -0.15) is 0 Å². The summed E-state index contributed by atoms with van der Waals surface area (Å²) in [4.78, 5) is 36.2. The molecule has 0 unspecified atom stereocenters. The standard InChI is InChI=1S/C19H27IN2O5/c1-12(2)10-15(17(24)21-11-16(23)27-19(3,4)5)26-18(25)22-14-8-6-13(20)7-9-14/h6-9,12,15H,10-11H2,1-5H3,(H,21,24)(H,22,25)/t15-/m0/s1. The predicted octanol–water partition coefficient (Wildman–Crippen LogP) is 3.71. The Morgan fingerprint density at radius 3 is 2.22 bits per heavy atom. The molecule has 150 valence electrons. The van der Waals surface area contributed by atoms with Crippen molar-refractivity contribution in [1.29, 1.82) is 0 Å². The van der Waals surface area contributed by atoms with Gasteiger partial charge in [-0.05, 0) is 80.0 Å². The number of rotatable bonds is 7. The molecule has 0 aliphatic carbocycles. The van der Waals surface area contributed by atoms with Gasteiger partial charge in [-0.25, -0.2) is 4.79 Å². The van der Waals surface area contributed by atoms with Gasteiger partial charge in [0.05, 0.1) is 0 Å². The van der Waals surface area contributed by atoms with Crippen molar-refractivity contribution in [3.8, 4) is 0 Å². The predicted molar refractivity (Wildman–Crippen MR) is 111 cm³/mol. The number of benzene rings is 1. The monoisotopic (exact) mass is 490 g/mol. The highest BCUT2D eigenvalue weighted by Gasteiger charge is 2.25. The van der Waals surface area contributed by atoms with E-state index in [1.807, 2.05) is 26.0 Å². The molecule has 2 amide bonds. The van der Waals surface area contributed by atoms with E-state index in [9.17, 15) is 14.4 Å².